The van der Waals surface area contributed by atoms with Crippen molar-refractivity contribution in [1.29, 1.82) is 0 Å². The van der Waals surface area contributed by atoms with Crippen LogP contribution in [0.2, 0.25) is 0 Å². The van der Waals surface area contributed by atoms with Crippen molar-refractivity contribution in [2.45, 2.75) is 45.2 Å². The van der Waals surface area contributed by atoms with E-state index in [1.165, 1.54) is 31.2 Å². The summed E-state index contributed by atoms with van der Waals surface area (Å²) in [5, 5.41) is 3.73. The summed E-state index contributed by atoms with van der Waals surface area (Å²) >= 11 is 0. The van der Waals surface area contributed by atoms with Gasteiger partial charge in [-0.05, 0) is 49.5 Å². The lowest BCUT2D eigenvalue weighted by Crippen LogP contribution is -2.35. The Balaban J connectivity index is 1.52. The van der Waals surface area contributed by atoms with Crippen LogP contribution in [-0.2, 0) is 6.54 Å². The van der Waals surface area contributed by atoms with E-state index in [9.17, 15) is 0 Å². The van der Waals surface area contributed by atoms with E-state index >= 15 is 0 Å². The van der Waals surface area contributed by atoms with Gasteiger partial charge in [0.25, 0.3) is 0 Å². The molecule has 1 aromatic rings. The van der Waals surface area contributed by atoms with Crippen LogP contribution in [0.1, 0.15) is 38.2 Å². The van der Waals surface area contributed by atoms with Crippen molar-refractivity contribution < 1.29 is 0 Å². The van der Waals surface area contributed by atoms with Crippen LogP contribution < -0.4 is 5.32 Å². The molecule has 0 saturated heterocycles. The van der Waals surface area contributed by atoms with Gasteiger partial charge in [0.1, 0.15) is 0 Å². The van der Waals surface area contributed by atoms with Crippen LogP contribution in [0.3, 0.4) is 0 Å². The summed E-state index contributed by atoms with van der Waals surface area (Å²) in [6, 6.07) is 11.4. The van der Waals surface area contributed by atoms with Gasteiger partial charge < -0.3 is 5.32 Å². The third kappa shape index (κ3) is 2.40. The van der Waals surface area contributed by atoms with Crippen molar-refractivity contribution in [3.8, 4) is 0 Å². The molecule has 2 saturated carbocycles. The van der Waals surface area contributed by atoms with Gasteiger partial charge in [0.2, 0.25) is 0 Å². The smallest absolute Gasteiger partial charge is 0.0208 e. The molecule has 0 aromatic heterocycles. The van der Waals surface area contributed by atoms with E-state index in [0.29, 0.717) is 6.04 Å². The molecular weight excluding hydrogens is 206 g/mol. The van der Waals surface area contributed by atoms with Crippen LogP contribution in [0.4, 0.5) is 0 Å². The molecule has 3 rings (SSSR count). The van der Waals surface area contributed by atoms with Crippen molar-refractivity contribution in [3.63, 3.8) is 0 Å². The van der Waals surface area contributed by atoms with Gasteiger partial charge in [-0.2, -0.15) is 0 Å². The number of benzene rings is 1. The van der Waals surface area contributed by atoms with Gasteiger partial charge in [-0.3, -0.25) is 0 Å². The molecule has 17 heavy (non-hydrogen) atoms. The third-order valence-corrected chi connectivity index (χ3v) is 4.91. The van der Waals surface area contributed by atoms with Gasteiger partial charge in [-0.15, -0.1) is 0 Å². The minimum Gasteiger partial charge on any atom is -0.310 e. The Morgan fingerprint density at radius 1 is 1.18 bits per heavy atom. The van der Waals surface area contributed by atoms with E-state index in [2.05, 4.69) is 42.6 Å². The fourth-order valence-electron chi connectivity index (χ4n) is 3.93. The van der Waals surface area contributed by atoms with Crippen LogP contribution >= 0.6 is 0 Å². The van der Waals surface area contributed by atoms with Crippen molar-refractivity contribution >= 4 is 0 Å². The van der Waals surface area contributed by atoms with Gasteiger partial charge in [0.05, 0.1) is 0 Å². The molecule has 0 unspecified atom stereocenters. The van der Waals surface area contributed by atoms with Gasteiger partial charge in [0, 0.05) is 12.6 Å². The molecule has 0 heterocycles. The predicted molar refractivity (Wildman–Crippen MR) is 71.7 cm³/mol. The zero-order chi connectivity index (χ0) is 11.7. The van der Waals surface area contributed by atoms with Crippen LogP contribution in [-0.4, -0.2) is 6.04 Å². The van der Waals surface area contributed by atoms with E-state index in [4.69, 9.17) is 0 Å². The number of nitrogens with one attached hydrogen (secondary N) is 1. The molecule has 0 aliphatic heterocycles. The lowest BCUT2D eigenvalue weighted by molar-refractivity contribution is 0.259. The lowest BCUT2D eigenvalue weighted by Gasteiger charge is -2.28. The molecule has 0 radical (unpaired) electrons. The molecule has 0 amide bonds. The first kappa shape index (κ1) is 11.3. The maximum Gasteiger partial charge on any atom is 0.0208 e. The Morgan fingerprint density at radius 3 is 2.65 bits per heavy atom. The Labute approximate surface area is 105 Å². The molecule has 4 atom stereocenters. The first-order valence-electron chi connectivity index (χ1n) is 7.10. The molecule has 2 aliphatic rings. The highest BCUT2D eigenvalue weighted by Crippen LogP contribution is 2.49. The summed E-state index contributed by atoms with van der Waals surface area (Å²) in [5.41, 5.74) is 1.41. The Morgan fingerprint density at radius 2 is 2.00 bits per heavy atom. The van der Waals surface area contributed by atoms with E-state index in [0.717, 1.165) is 24.3 Å². The van der Waals surface area contributed by atoms with Gasteiger partial charge in [-0.25, -0.2) is 0 Å². The highest BCUT2D eigenvalue weighted by atomic mass is 14.9. The van der Waals surface area contributed by atoms with Gasteiger partial charge in [0.15, 0.2) is 0 Å². The SMILES string of the molecule is C[C@@H](NCc1ccccc1)[C@@H]1C[C@H]2CC[C@H]1C2. The molecule has 2 aliphatic carbocycles. The first-order valence-corrected chi connectivity index (χ1v) is 7.10. The van der Waals surface area contributed by atoms with Crippen molar-refractivity contribution in [2.75, 3.05) is 0 Å². The number of rotatable bonds is 4. The third-order valence-electron chi connectivity index (χ3n) is 4.91. The second-order valence-electron chi connectivity index (χ2n) is 5.99. The minimum atomic E-state index is 0.686. The zero-order valence-corrected chi connectivity index (χ0v) is 10.7. The summed E-state index contributed by atoms with van der Waals surface area (Å²) in [6.07, 6.45) is 5.99. The second-order valence-corrected chi connectivity index (χ2v) is 5.99. The highest BCUT2D eigenvalue weighted by molar-refractivity contribution is 5.14. The second kappa shape index (κ2) is 4.81. The average molecular weight is 229 g/mol. The molecule has 0 spiro atoms. The molecule has 1 heteroatoms. The fourth-order valence-corrected chi connectivity index (χ4v) is 3.93. The molecule has 1 aromatic carbocycles. The van der Waals surface area contributed by atoms with E-state index < -0.39 is 0 Å². The molecule has 2 fully saturated rings. The Bertz CT molecular complexity index is 359. The van der Waals surface area contributed by atoms with Crippen LogP contribution in [0.5, 0.6) is 0 Å². The minimum absolute atomic E-state index is 0.686. The average Bonchev–Trinajstić information content (AvgIpc) is 2.99. The topological polar surface area (TPSA) is 12.0 Å². The van der Waals surface area contributed by atoms with E-state index in [1.807, 2.05) is 0 Å². The van der Waals surface area contributed by atoms with Crippen molar-refractivity contribution in [3.05, 3.63) is 35.9 Å². The quantitative estimate of drug-likeness (QED) is 0.832. The molecule has 1 nitrogen and oxygen atoms in total. The zero-order valence-electron chi connectivity index (χ0n) is 10.7. The highest BCUT2D eigenvalue weighted by Gasteiger charge is 2.41. The summed E-state index contributed by atoms with van der Waals surface area (Å²) in [5.74, 6) is 3.03. The maximum atomic E-state index is 3.73. The van der Waals surface area contributed by atoms with Crippen LogP contribution in [0.25, 0.3) is 0 Å². The van der Waals surface area contributed by atoms with Crippen LogP contribution in [0.15, 0.2) is 30.3 Å². The fraction of sp³-hybridized carbons (Fsp3) is 0.625. The normalized spacial score (nSPS) is 32.9. The summed E-state index contributed by atoms with van der Waals surface area (Å²) in [6.45, 7) is 3.41. The summed E-state index contributed by atoms with van der Waals surface area (Å²) < 4.78 is 0. The lowest BCUT2D eigenvalue weighted by atomic mass is 9.84. The molecule has 92 valence electrons. The van der Waals surface area contributed by atoms with Crippen LogP contribution in [0, 0.1) is 17.8 Å². The van der Waals surface area contributed by atoms with E-state index in [-0.39, 0.29) is 0 Å². The van der Waals surface area contributed by atoms with Gasteiger partial charge >= 0.3 is 0 Å². The Kier molecular flexibility index (Phi) is 3.19. The summed E-state index contributed by atoms with van der Waals surface area (Å²) in [7, 11) is 0. The largest absolute Gasteiger partial charge is 0.310 e. The Hall–Kier alpha value is -0.820. The first-order chi connectivity index (χ1) is 8.33. The van der Waals surface area contributed by atoms with Gasteiger partial charge in [-0.1, -0.05) is 36.8 Å². The number of hydrogen-bond acceptors (Lipinski definition) is 1. The molecule has 2 bridgehead atoms. The van der Waals surface area contributed by atoms with E-state index in [1.54, 1.807) is 0 Å². The summed E-state index contributed by atoms with van der Waals surface area (Å²) in [4.78, 5) is 0. The maximum absolute atomic E-state index is 3.73. The van der Waals surface area contributed by atoms with Crippen molar-refractivity contribution in [1.82, 2.24) is 5.32 Å². The standard InChI is InChI=1S/C16H23N/c1-12(16-10-14-7-8-15(16)9-14)17-11-13-5-3-2-4-6-13/h2-6,12,14-17H,7-11H2,1H3/t12-,14+,15+,16+/m1/s1. The molecule has 1 N–H and O–H groups in total. The monoisotopic (exact) mass is 229 g/mol. The molecular formula is C16H23N. The number of hydrogen-bond donors (Lipinski definition) is 1. The predicted octanol–water partition coefficient (Wildman–Crippen LogP) is 3.60. The van der Waals surface area contributed by atoms with Crippen molar-refractivity contribution in [2.24, 2.45) is 17.8 Å². The number of fused-ring (bicyclic) bond motifs is 2.